The maximum Gasteiger partial charge on any atom is 0.352 e. The van der Waals surface area contributed by atoms with Gasteiger partial charge in [0.15, 0.2) is 14.9 Å². The van der Waals surface area contributed by atoms with Gasteiger partial charge in [0.2, 0.25) is 5.91 Å². The van der Waals surface area contributed by atoms with Crippen molar-refractivity contribution >= 4 is 49.4 Å². The molecular weight excluding hydrogens is 474 g/mol. The zero-order valence-electron chi connectivity index (χ0n) is 18.3. The summed E-state index contributed by atoms with van der Waals surface area (Å²) in [6, 6.07) is -0.657. The minimum absolute atomic E-state index is 0.0201. The molecule has 2 aromatic rings. The highest BCUT2D eigenvalue weighted by Crippen LogP contribution is 2.60. The number of imidazole rings is 1. The summed E-state index contributed by atoms with van der Waals surface area (Å²) in [7, 11) is -3.63. The Labute approximate surface area is 193 Å². The summed E-state index contributed by atoms with van der Waals surface area (Å²) in [4.78, 5) is 42.4. The van der Waals surface area contributed by atoms with Crippen LogP contribution in [0, 0.1) is 11.3 Å². The first-order chi connectivity index (χ1) is 15.3. The number of aliphatic hydroxyl groups is 1. The summed E-state index contributed by atoms with van der Waals surface area (Å²) in [5.74, 6) is -3.13. The van der Waals surface area contributed by atoms with E-state index in [1.54, 1.807) is 13.1 Å². The number of aliphatic carboxylic acids is 1. The highest BCUT2D eigenvalue weighted by Gasteiger charge is 2.66. The van der Waals surface area contributed by atoms with Crippen molar-refractivity contribution in [2.45, 2.75) is 44.4 Å². The van der Waals surface area contributed by atoms with Crippen molar-refractivity contribution in [2.24, 2.45) is 11.3 Å². The molecule has 0 bridgehead atoms. The predicted molar refractivity (Wildman–Crippen MR) is 116 cm³/mol. The monoisotopic (exact) mass is 497 g/mol. The maximum atomic E-state index is 12.8. The number of fused-ring (bicyclic) bond motifs is 2. The van der Waals surface area contributed by atoms with Gasteiger partial charge >= 0.3 is 11.9 Å². The molecule has 2 aliphatic rings. The summed E-state index contributed by atoms with van der Waals surface area (Å²) in [5, 5.41) is 20.2. The number of β-lactam (4-membered cyclic amide) rings is 1. The lowest BCUT2D eigenvalue weighted by Crippen LogP contribution is -2.66. The highest BCUT2D eigenvalue weighted by molar-refractivity contribution is 7.91. The Hall–Kier alpha value is -2.77. The molecule has 1 unspecified atom stereocenters. The second kappa shape index (κ2) is 7.64. The summed E-state index contributed by atoms with van der Waals surface area (Å²) in [6.45, 7) is 4.49. The van der Waals surface area contributed by atoms with E-state index in [0.29, 0.717) is 15.3 Å². The number of amides is 1. The van der Waals surface area contributed by atoms with Crippen LogP contribution in [-0.2, 0) is 29.0 Å². The van der Waals surface area contributed by atoms with E-state index in [9.17, 15) is 33.0 Å². The first-order valence-corrected chi connectivity index (χ1v) is 12.8. The number of ether oxygens (including phenoxy) is 1. The lowest BCUT2D eigenvalue weighted by Gasteiger charge is -2.50. The first kappa shape index (κ1) is 23.4. The Morgan fingerprint density at radius 3 is 2.61 bits per heavy atom. The number of sulfone groups is 1. The number of aromatic nitrogens is 2. The lowest BCUT2D eigenvalue weighted by atomic mass is 9.66. The average molecular weight is 498 g/mol. The van der Waals surface area contributed by atoms with Crippen LogP contribution < -0.4 is 0 Å². The van der Waals surface area contributed by atoms with Gasteiger partial charge in [0.05, 0.1) is 29.5 Å². The van der Waals surface area contributed by atoms with E-state index in [1.165, 1.54) is 29.5 Å². The summed E-state index contributed by atoms with van der Waals surface area (Å²) in [6.07, 6.45) is 3.13. The Bertz CT molecular complexity index is 1320. The van der Waals surface area contributed by atoms with Gasteiger partial charge < -0.3 is 19.8 Å². The van der Waals surface area contributed by atoms with Gasteiger partial charge in [0.25, 0.3) is 0 Å². The van der Waals surface area contributed by atoms with Gasteiger partial charge in [-0.2, -0.15) is 0 Å². The number of hydrogen-bond donors (Lipinski definition) is 2. The van der Waals surface area contributed by atoms with E-state index in [0.717, 1.165) is 17.6 Å². The van der Waals surface area contributed by atoms with Gasteiger partial charge in [0, 0.05) is 30.4 Å². The highest BCUT2D eigenvalue weighted by atomic mass is 32.2. The van der Waals surface area contributed by atoms with Crippen LogP contribution in [-0.4, -0.2) is 75.8 Å². The number of rotatable bonds is 7. The molecule has 0 aliphatic carbocycles. The molecular formula is C20H23N3O8S2. The molecule has 4 rings (SSSR count). The van der Waals surface area contributed by atoms with Crippen LogP contribution in [0.25, 0.3) is 10.4 Å². The fourth-order valence-corrected chi connectivity index (χ4v) is 7.28. The predicted octanol–water partition coefficient (Wildman–Crippen LogP) is 0.776. The molecule has 0 saturated carbocycles. The molecule has 13 heteroatoms. The van der Waals surface area contributed by atoms with Crippen molar-refractivity contribution in [3.05, 3.63) is 23.1 Å². The fourth-order valence-electron chi connectivity index (χ4n) is 4.89. The van der Waals surface area contributed by atoms with Crippen molar-refractivity contribution < 1.29 is 37.8 Å². The zero-order chi connectivity index (χ0) is 24.5. The SMILES string of the molecule is CC(=O)OCCC1(C)C(c2cn3cnc(S(C)(=O)=O)c3s2)=C(C(=O)O)N2C(=O)[C@H]([C@@H](C)O)[C@@H]21. The van der Waals surface area contributed by atoms with Crippen LogP contribution in [0.15, 0.2) is 23.2 Å². The van der Waals surface area contributed by atoms with E-state index in [1.807, 2.05) is 0 Å². The second-order valence-corrected chi connectivity index (χ2v) is 11.5. The molecule has 4 heterocycles. The van der Waals surface area contributed by atoms with Crippen molar-refractivity contribution in [1.29, 1.82) is 0 Å². The van der Waals surface area contributed by atoms with Gasteiger partial charge in [-0.3, -0.25) is 14.0 Å². The van der Waals surface area contributed by atoms with Crippen molar-refractivity contribution in [2.75, 3.05) is 12.9 Å². The smallest absolute Gasteiger partial charge is 0.352 e. The molecule has 0 spiro atoms. The largest absolute Gasteiger partial charge is 0.477 e. The van der Waals surface area contributed by atoms with Crippen molar-refractivity contribution in [3.8, 4) is 0 Å². The van der Waals surface area contributed by atoms with Gasteiger partial charge in [-0.25, -0.2) is 18.2 Å². The Morgan fingerprint density at radius 1 is 1.39 bits per heavy atom. The molecule has 0 aromatic carbocycles. The first-order valence-electron chi connectivity index (χ1n) is 10.1. The quantitative estimate of drug-likeness (QED) is 0.417. The lowest BCUT2D eigenvalue weighted by molar-refractivity contribution is -0.167. The molecule has 1 amide bonds. The summed E-state index contributed by atoms with van der Waals surface area (Å²) in [5.41, 5.74) is -0.872. The number of carbonyl (C=O) groups is 3. The van der Waals surface area contributed by atoms with Gasteiger partial charge in [0.1, 0.15) is 16.9 Å². The minimum atomic E-state index is -3.63. The van der Waals surface area contributed by atoms with E-state index in [-0.39, 0.29) is 23.8 Å². The minimum Gasteiger partial charge on any atom is -0.477 e. The van der Waals surface area contributed by atoms with Gasteiger partial charge in [-0.1, -0.05) is 6.92 Å². The molecule has 33 heavy (non-hydrogen) atoms. The molecule has 4 atom stereocenters. The third-order valence-electron chi connectivity index (χ3n) is 6.27. The molecule has 11 nitrogen and oxygen atoms in total. The molecule has 2 aliphatic heterocycles. The van der Waals surface area contributed by atoms with Crippen molar-refractivity contribution in [3.63, 3.8) is 0 Å². The van der Waals surface area contributed by atoms with Crippen LogP contribution in [0.1, 0.15) is 32.1 Å². The van der Waals surface area contributed by atoms with Crippen LogP contribution in [0.3, 0.4) is 0 Å². The van der Waals surface area contributed by atoms with Crippen LogP contribution in [0.4, 0.5) is 0 Å². The molecule has 0 radical (unpaired) electrons. The molecule has 1 saturated heterocycles. The second-order valence-electron chi connectivity index (χ2n) is 8.59. The van der Waals surface area contributed by atoms with Crippen LogP contribution in [0.2, 0.25) is 0 Å². The molecule has 1 fully saturated rings. The van der Waals surface area contributed by atoms with E-state index >= 15 is 0 Å². The van der Waals surface area contributed by atoms with Crippen molar-refractivity contribution in [1.82, 2.24) is 14.3 Å². The average Bonchev–Trinajstić information content (AvgIpc) is 3.29. The van der Waals surface area contributed by atoms with Gasteiger partial charge in [-0.05, 0) is 13.3 Å². The number of carboxylic acid groups (broad SMARTS) is 1. The van der Waals surface area contributed by atoms with Crippen LogP contribution in [0.5, 0.6) is 0 Å². The van der Waals surface area contributed by atoms with E-state index in [2.05, 4.69) is 4.98 Å². The Kier molecular flexibility index (Phi) is 5.41. The van der Waals surface area contributed by atoms with E-state index in [4.69, 9.17) is 4.74 Å². The number of thiazole rings is 1. The standard InChI is InChI=1S/C20H23N3O8S2/c1-9(24)12-15-20(3,5-6-31-10(2)25)13(14(19(27)28)23(15)17(12)26)11-7-22-8-21-16(18(22)32-11)33(4,29)30/h7-9,12,15,24H,5-6H2,1-4H3,(H,27,28)/t9-,12-,15-,20?/m1/s1. The Morgan fingerprint density at radius 2 is 2.06 bits per heavy atom. The van der Waals surface area contributed by atoms with Crippen LogP contribution >= 0.6 is 11.3 Å². The Balaban J connectivity index is 1.92. The number of esters is 1. The summed E-state index contributed by atoms with van der Waals surface area (Å²) < 4.78 is 30.8. The number of carbonyl (C=O) groups excluding carboxylic acids is 2. The summed E-state index contributed by atoms with van der Waals surface area (Å²) >= 11 is 1.05. The molecule has 2 aromatic heterocycles. The number of hydrogen-bond acceptors (Lipinski definition) is 9. The third kappa shape index (κ3) is 3.45. The van der Waals surface area contributed by atoms with Gasteiger partial charge in [-0.15, -0.1) is 11.3 Å². The fraction of sp³-hybridized carbons (Fsp3) is 0.500. The maximum absolute atomic E-state index is 12.8. The zero-order valence-corrected chi connectivity index (χ0v) is 19.9. The third-order valence-corrected chi connectivity index (χ3v) is 8.53. The topological polar surface area (TPSA) is 156 Å². The number of aliphatic hydroxyl groups excluding tert-OH is 1. The molecule has 2 N–H and O–H groups in total. The molecule has 178 valence electrons. The number of carboxylic acids is 1. The normalized spacial score (nSPS) is 25.8. The van der Waals surface area contributed by atoms with E-state index < -0.39 is 51.2 Å². The number of nitrogens with zero attached hydrogens (tertiary/aromatic N) is 3.